The maximum atomic E-state index is 3.76. The van der Waals surface area contributed by atoms with Gasteiger partial charge >= 0.3 is 0 Å². The van der Waals surface area contributed by atoms with Gasteiger partial charge in [-0.05, 0) is 57.9 Å². The van der Waals surface area contributed by atoms with Crippen LogP contribution in [0.15, 0.2) is 12.1 Å². The lowest BCUT2D eigenvalue weighted by Gasteiger charge is -2.35. The Morgan fingerprint density at radius 3 is 1.57 bits per heavy atom. The van der Waals surface area contributed by atoms with Crippen LogP contribution in [0.3, 0.4) is 0 Å². The van der Waals surface area contributed by atoms with Crippen molar-refractivity contribution in [3.05, 3.63) is 34.4 Å². The van der Waals surface area contributed by atoms with E-state index in [1.165, 1.54) is 29.5 Å². The second-order valence-corrected chi connectivity index (χ2v) is 10.4. The largest absolute Gasteiger partial charge is 0.310 e. The van der Waals surface area contributed by atoms with E-state index in [0.717, 1.165) is 6.54 Å². The summed E-state index contributed by atoms with van der Waals surface area (Å²) < 4.78 is 0. The number of rotatable bonds is 1. The lowest BCUT2D eigenvalue weighted by Crippen LogP contribution is -2.28. The third kappa shape index (κ3) is 3.99. The molecule has 130 valence electrons. The maximum absolute atomic E-state index is 3.76. The van der Waals surface area contributed by atoms with Crippen LogP contribution < -0.4 is 5.32 Å². The van der Waals surface area contributed by atoms with E-state index >= 15 is 0 Å². The summed E-state index contributed by atoms with van der Waals surface area (Å²) in [5.41, 5.74) is 6.64. The third-order valence-corrected chi connectivity index (χ3v) is 5.07. The average molecular weight is 316 g/mol. The summed E-state index contributed by atoms with van der Waals surface area (Å²) in [5, 5.41) is 3.76. The van der Waals surface area contributed by atoms with Crippen LogP contribution in [0, 0.1) is 0 Å². The highest BCUT2D eigenvalue weighted by Crippen LogP contribution is 2.42. The van der Waals surface area contributed by atoms with Crippen molar-refractivity contribution in [1.82, 2.24) is 5.32 Å². The molecule has 0 radical (unpaired) electrons. The Hall–Kier alpha value is -0.820. The van der Waals surface area contributed by atoms with Crippen LogP contribution in [-0.2, 0) is 16.2 Å². The van der Waals surface area contributed by atoms with Crippen LogP contribution in [0.5, 0.6) is 0 Å². The van der Waals surface area contributed by atoms with Crippen LogP contribution in [0.2, 0.25) is 0 Å². The zero-order valence-electron chi connectivity index (χ0n) is 16.9. The molecule has 1 N–H and O–H groups in total. The predicted molar refractivity (Wildman–Crippen MR) is 103 cm³/mol. The van der Waals surface area contributed by atoms with Crippen LogP contribution in [0.1, 0.15) is 103 Å². The second kappa shape index (κ2) is 5.92. The molecular weight excluding hydrogens is 278 g/mol. The fourth-order valence-corrected chi connectivity index (χ4v) is 3.63. The summed E-state index contributed by atoms with van der Waals surface area (Å²) in [6, 6.07) is 5.50. The normalized spacial score (nSPS) is 20.1. The number of hydrogen-bond acceptors (Lipinski definition) is 1. The van der Waals surface area contributed by atoms with Crippen molar-refractivity contribution in [3.8, 4) is 0 Å². The van der Waals surface area contributed by atoms with Gasteiger partial charge in [-0.3, -0.25) is 0 Å². The SMILES string of the molecule is CC(C)(C)c1cc(C(C)(C)C)c([C@@H]2CCCN2)c(C(C)(C)C)c1. The Kier molecular flexibility index (Phi) is 4.76. The summed E-state index contributed by atoms with van der Waals surface area (Å²) in [6.45, 7) is 22.3. The first-order chi connectivity index (χ1) is 10.3. The number of hydrogen-bond donors (Lipinski definition) is 1. The van der Waals surface area contributed by atoms with E-state index in [-0.39, 0.29) is 16.2 Å². The summed E-state index contributed by atoms with van der Waals surface area (Å²) in [7, 11) is 0. The van der Waals surface area contributed by atoms with Gasteiger partial charge in [0.1, 0.15) is 0 Å². The zero-order chi connectivity index (χ0) is 17.6. The van der Waals surface area contributed by atoms with E-state index in [1.54, 1.807) is 5.56 Å². The lowest BCUT2D eigenvalue weighted by atomic mass is 9.70. The van der Waals surface area contributed by atoms with Crippen molar-refractivity contribution >= 4 is 0 Å². The highest BCUT2D eigenvalue weighted by atomic mass is 14.9. The fourth-order valence-electron chi connectivity index (χ4n) is 3.63. The number of benzene rings is 1. The van der Waals surface area contributed by atoms with E-state index in [9.17, 15) is 0 Å². The fraction of sp³-hybridized carbons (Fsp3) is 0.727. The van der Waals surface area contributed by atoms with Crippen molar-refractivity contribution in [2.45, 2.75) is 97.4 Å². The minimum Gasteiger partial charge on any atom is -0.310 e. The van der Waals surface area contributed by atoms with Gasteiger partial charge in [-0.25, -0.2) is 0 Å². The first-order valence-corrected chi connectivity index (χ1v) is 9.24. The summed E-state index contributed by atoms with van der Waals surface area (Å²) in [5.74, 6) is 0. The van der Waals surface area contributed by atoms with E-state index < -0.39 is 0 Å². The van der Waals surface area contributed by atoms with Gasteiger partial charge in [0, 0.05) is 6.04 Å². The molecule has 1 saturated heterocycles. The molecule has 0 amide bonds. The monoisotopic (exact) mass is 315 g/mol. The molecule has 1 fully saturated rings. The molecule has 0 aromatic heterocycles. The van der Waals surface area contributed by atoms with Gasteiger partial charge in [0.15, 0.2) is 0 Å². The molecule has 0 bridgehead atoms. The predicted octanol–water partition coefficient (Wildman–Crippen LogP) is 6.00. The Morgan fingerprint density at radius 2 is 1.26 bits per heavy atom. The number of nitrogens with one attached hydrogen (secondary N) is 1. The third-order valence-electron chi connectivity index (χ3n) is 5.07. The van der Waals surface area contributed by atoms with Crippen LogP contribution >= 0.6 is 0 Å². The molecule has 1 aliphatic heterocycles. The zero-order valence-corrected chi connectivity index (χ0v) is 16.9. The topological polar surface area (TPSA) is 12.0 Å². The van der Waals surface area contributed by atoms with Gasteiger partial charge in [-0.15, -0.1) is 0 Å². The lowest BCUT2D eigenvalue weighted by molar-refractivity contribution is 0.513. The molecule has 0 unspecified atom stereocenters. The van der Waals surface area contributed by atoms with Crippen molar-refractivity contribution in [2.24, 2.45) is 0 Å². The Morgan fingerprint density at radius 1 is 0.783 bits per heavy atom. The molecule has 1 aliphatic rings. The molecule has 2 rings (SSSR count). The van der Waals surface area contributed by atoms with E-state index in [4.69, 9.17) is 0 Å². The van der Waals surface area contributed by atoms with E-state index in [2.05, 4.69) is 79.8 Å². The Bertz CT molecular complexity index is 520. The van der Waals surface area contributed by atoms with Crippen molar-refractivity contribution in [1.29, 1.82) is 0 Å². The Balaban J connectivity index is 2.80. The van der Waals surface area contributed by atoms with Gasteiger partial charge in [0.2, 0.25) is 0 Å². The highest BCUT2D eigenvalue weighted by Gasteiger charge is 2.33. The van der Waals surface area contributed by atoms with E-state index in [1.807, 2.05) is 0 Å². The molecule has 1 nitrogen and oxygen atoms in total. The van der Waals surface area contributed by atoms with E-state index in [0.29, 0.717) is 6.04 Å². The summed E-state index contributed by atoms with van der Waals surface area (Å²) in [4.78, 5) is 0. The quantitative estimate of drug-likeness (QED) is 0.670. The molecule has 1 heterocycles. The molecule has 1 aromatic carbocycles. The minimum atomic E-state index is 0.168. The molecule has 1 heteroatoms. The first kappa shape index (κ1) is 18.5. The maximum Gasteiger partial charge on any atom is 0.0326 e. The van der Waals surface area contributed by atoms with Crippen molar-refractivity contribution < 1.29 is 0 Å². The standard InChI is InChI=1S/C22H37N/c1-20(2,3)15-13-16(21(4,5)6)19(18-11-10-12-23-18)17(14-15)22(7,8)9/h13-14,18,23H,10-12H2,1-9H3/t18-/m0/s1. The summed E-state index contributed by atoms with van der Waals surface area (Å²) in [6.07, 6.45) is 2.56. The van der Waals surface area contributed by atoms with Crippen molar-refractivity contribution in [3.63, 3.8) is 0 Å². The second-order valence-electron chi connectivity index (χ2n) is 10.4. The minimum absolute atomic E-state index is 0.168. The molecule has 1 atom stereocenters. The first-order valence-electron chi connectivity index (χ1n) is 9.24. The molecular formula is C22H37N. The molecule has 0 saturated carbocycles. The smallest absolute Gasteiger partial charge is 0.0326 e. The van der Waals surface area contributed by atoms with Crippen LogP contribution in [-0.4, -0.2) is 6.54 Å². The van der Waals surface area contributed by atoms with Gasteiger partial charge in [0.05, 0.1) is 0 Å². The van der Waals surface area contributed by atoms with Gasteiger partial charge < -0.3 is 5.32 Å². The Labute approximate surface area is 144 Å². The average Bonchev–Trinajstić information content (AvgIpc) is 2.87. The van der Waals surface area contributed by atoms with Crippen molar-refractivity contribution in [2.75, 3.05) is 6.54 Å². The molecule has 1 aromatic rings. The van der Waals surface area contributed by atoms with Gasteiger partial charge in [-0.2, -0.15) is 0 Å². The van der Waals surface area contributed by atoms with Gasteiger partial charge in [-0.1, -0.05) is 74.4 Å². The summed E-state index contributed by atoms with van der Waals surface area (Å²) >= 11 is 0. The highest BCUT2D eigenvalue weighted by molar-refractivity contribution is 5.49. The molecule has 0 spiro atoms. The van der Waals surface area contributed by atoms with Crippen LogP contribution in [0.4, 0.5) is 0 Å². The molecule has 0 aliphatic carbocycles. The van der Waals surface area contributed by atoms with Crippen LogP contribution in [0.25, 0.3) is 0 Å². The van der Waals surface area contributed by atoms with Gasteiger partial charge in [0.25, 0.3) is 0 Å². The molecule has 23 heavy (non-hydrogen) atoms.